The Morgan fingerprint density at radius 2 is 2.11 bits per heavy atom. The van der Waals surface area contributed by atoms with Crippen molar-refractivity contribution in [2.75, 3.05) is 21.0 Å². The zero-order chi connectivity index (χ0) is 13.7. The van der Waals surface area contributed by atoms with Crippen LogP contribution in [0, 0.1) is 0 Å². The molecule has 1 aromatic carbocycles. The fourth-order valence-corrected chi connectivity index (χ4v) is 2.36. The summed E-state index contributed by atoms with van der Waals surface area (Å²) in [6, 6.07) is 7.87. The fraction of sp³-hybridized carbons (Fsp3) is 0.467. The van der Waals surface area contributed by atoms with Crippen LogP contribution < -0.4 is 4.74 Å². The van der Waals surface area contributed by atoms with Gasteiger partial charge in [0.25, 0.3) is 0 Å². The predicted molar refractivity (Wildman–Crippen MR) is 72.2 cm³/mol. The fourth-order valence-electron chi connectivity index (χ4n) is 2.36. The number of methoxy groups -OCH3 is 2. The molecule has 1 aliphatic rings. The predicted octanol–water partition coefficient (Wildman–Crippen LogP) is 2.09. The third-order valence-electron chi connectivity index (χ3n) is 3.32. The molecule has 0 radical (unpaired) electrons. The Balaban J connectivity index is 2.20. The van der Waals surface area contributed by atoms with Gasteiger partial charge in [-0.2, -0.15) is 0 Å². The third kappa shape index (κ3) is 3.56. The highest BCUT2D eigenvalue weighted by Crippen LogP contribution is 2.33. The van der Waals surface area contributed by atoms with Crippen molar-refractivity contribution in [1.29, 1.82) is 0 Å². The number of rotatable bonds is 5. The molecule has 0 heterocycles. The molecule has 0 saturated carbocycles. The summed E-state index contributed by atoms with van der Waals surface area (Å²) in [7, 11) is 3.25. The SMILES string of the molecule is COCO[C@@H]1C=C[C@H](O)C[C@H]1c1cccc(OC)c1. The van der Waals surface area contributed by atoms with E-state index in [9.17, 15) is 5.11 Å². The van der Waals surface area contributed by atoms with Crippen molar-refractivity contribution in [2.45, 2.75) is 24.5 Å². The topological polar surface area (TPSA) is 47.9 Å². The smallest absolute Gasteiger partial charge is 0.147 e. The Labute approximate surface area is 113 Å². The van der Waals surface area contributed by atoms with Crippen molar-refractivity contribution < 1.29 is 19.3 Å². The normalized spacial score (nSPS) is 26.4. The standard InChI is InChI=1S/C15H20O4/c1-17-10-19-15-7-6-12(16)9-14(15)11-4-3-5-13(8-11)18-2/h3-8,12,14-16H,9-10H2,1-2H3/t12-,14-,15+/m0/s1. The molecule has 0 bridgehead atoms. The van der Waals surface area contributed by atoms with Crippen molar-refractivity contribution in [3.8, 4) is 5.75 Å². The molecule has 19 heavy (non-hydrogen) atoms. The molecule has 2 rings (SSSR count). The summed E-state index contributed by atoms with van der Waals surface area (Å²) in [6.45, 7) is 0.242. The van der Waals surface area contributed by atoms with E-state index in [0.29, 0.717) is 6.42 Å². The summed E-state index contributed by atoms with van der Waals surface area (Å²) < 4.78 is 15.9. The first-order valence-corrected chi connectivity index (χ1v) is 6.35. The number of aliphatic hydroxyl groups is 1. The van der Waals surface area contributed by atoms with E-state index in [0.717, 1.165) is 11.3 Å². The molecule has 1 aromatic rings. The minimum Gasteiger partial charge on any atom is -0.497 e. The van der Waals surface area contributed by atoms with Crippen molar-refractivity contribution >= 4 is 0 Å². The van der Waals surface area contributed by atoms with Gasteiger partial charge in [-0.25, -0.2) is 0 Å². The molecule has 0 fully saturated rings. The van der Waals surface area contributed by atoms with Gasteiger partial charge in [0.1, 0.15) is 12.5 Å². The van der Waals surface area contributed by atoms with E-state index in [1.807, 2.05) is 30.3 Å². The average molecular weight is 264 g/mol. The lowest BCUT2D eigenvalue weighted by Crippen LogP contribution is -2.28. The summed E-state index contributed by atoms with van der Waals surface area (Å²) >= 11 is 0. The summed E-state index contributed by atoms with van der Waals surface area (Å²) in [4.78, 5) is 0. The summed E-state index contributed by atoms with van der Waals surface area (Å²) in [5, 5.41) is 9.81. The second-order valence-electron chi connectivity index (χ2n) is 4.61. The molecule has 1 aliphatic carbocycles. The summed E-state index contributed by atoms with van der Waals surface area (Å²) in [5.74, 6) is 0.914. The molecule has 0 aliphatic heterocycles. The largest absolute Gasteiger partial charge is 0.497 e. The third-order valence-corrected chi connectivity index (χ3v) is 3.32. The molecule has 0 spiro atoms. The lowest BCUT2D eigenvalue weighted by Gasteiger charge is -2.30. The van der Waals surface area contributed by atoms with Gasteiger partial charge in [-0.15, -0.1) is 0 Å². The maximum absolute atomic E-state index is 9.81. The minimum absolute atomic E-state index is 0.0875. The van der Waals surface area contributed by atoms with Crippen molar-refractivity contribution in [1.82, 2.24) is 0 Å². The number of ether oxygens (including phenoxy) is 3. The van der Waals surface area contributed by atoms with E-state index in [-0.39, 0.29) is 18.8 Å². The van der Waals surface area contributed by atoms with E-state index in [1.165, 1.54) is 0 Å². The molecular weight excluding hydrogens is 244 g/mol. The first-order chi connectivity index (χ1) is 9.24. The van der Waals surface area contributed by atoms with Crippen LogP contribution in [0.1, 0.15) is 17.9 Å². The van der Waals surface area contributed by atoms with Crippen molar-refractivity contribution in [2.24, 2.45) is 0 Å². The van der Waals surface area contributed by atoms with Gasteiger partial charge in [0.05, 0.1) is 19.3 Å². The Morgan fingerprint density at radius 1 is 1.26 bits per heavy atom. The molecule has 104 valence electrons. The van der Waals surface area contributed by atoms with Gasteiger partial charge in [0.2, 0.25) is 0 Å². The molecule has 0 saturated heterocycles. The van der Waals surface area contributed by atoms with E-state index in [1.54, 1.807) is 20.3 Å². The van der Waals surface area contributed by atoms with Crippen LogP contribution in [0.25, 0.3) is 0 Å². The van der Waals surface area contributed by atoms with Crippen LogP contribution in [0.2, 0.25) is 0 Å². The molecule has 3 atom stereocenters. The zero-order valence-corrected chi connectivity index (χ0v) is 11.3. The van der Waals surface area contributed by atoms with E-state index >= 15 is 0 Å². The van der Waals surface area contributed by atoms with Gasteiger partial charge in [0.15, 0.2) is 0 Å². The highest BCUT2D eigenvalue weighted by molar-refractivity contribution is 5.33. The summed E-state index contributed by atoms with van der Waals surface area (Å²) in [6.07, 6.45) is 3.79. The molecule has 0 unspecified atom stereocenters. The Hall–Kier alpha value is -1.36. The van der Waals surface area contributed by atoms with Gasteiger partial charge < -0.3 is 19.3 Å². The Bertz CT molecular complexity index is 430. The second-order valence-corrected chi connectivity index (χ2v) is 4.61. The van der Waals surface area contributed by atoms with Crippen LogP contribution in [-0.4, -0.2) is 38.3 Å². The lowest BCUT2D eigenvalue weighted by atomic mass is 9.84. The van der Waals surface area contributed by atoms with Gasteiger partial charge in [-0.05, 0) is 24.1 Å². The second kappa shape index (κ2) is 6.70. The Kier molecular flexibility index (Phi) is 4.96. The highest BCUT2D eigenvalue weighted by Gasteiger charge is 2.28. The summed E-state index contributed by atoms with van der Waals surface area (Å²) in [5.41, 5.74) is 1.10. The maximum atomic E-state index is 9.81. The van der Waals surface area contributed by atoms with E-state index in [4.69, 9.17) is 14.2 Å². The quantitative estimate of drug-likeness (QED) is 0.653. The number of hydrogen-bond donors (Lipinski definition) is 1. The van der Waals surface area contributed by atoms with E-state index in [2.05, 4.69) is 0 Å². The van der Waals surface area contributed by atoms with Crippen molar-refractivity contribution in [3.05, 3.63) is 42.0 Å². The first-order valence-electron chi connectivity index (χ1n) is 6.35. The molecule has 4 nitrogen and oxygen atoms in total. The number of benzene rings is 1. The van der Waals surface area contributed by atoms with Crippen LogP contribution in [0.5, 0.6) is 5.75 Å². The number of hydrogen-bond acceptors (Lipinski definition) is 4. The van der Waals surface area contributed by atoms with Crippen LogP contribution >= 0.6 is 0 Å². The van der Waals surface area contributed by atoms with Crippen LogP contribution in [-0.2, 0) is 9.47 Å². The molecule has 0 amide bonds. The molecule has 4 heteroatoms. The lowest BCUT2D eigenvalue weighted by molar-refractivity contribution is -0.0690. The van der Waals surface area contributed by atoms with Crippen LogP contribution in [0.4, 0.5) is 0 Å². The van der Waals surface area contributed by atoms with Gasteiger partial charge >= 0.3 is 0 Å². The van der Waals surface area contributed by atoms with Gasteiger partial charge in [-0.3, -0.25) is 0 Å². The Morgan fingerprint density at radius 3 is 2.84 bits per heavy atom. The molecular formula is C15H20O4. The van der Waals surface area contributed by atoms with Crippen LogP contribution in [0.3, 0.4) is 0 Å². The van der Waals surface area contributed by atoms with E-state index < -0.39 is 6.10 Å². The zero-order valence-electron chi connectivity index (χ0n) is 11.3. The number of aliphatic hydroxyl groups excluding tert-OH is 1. The maximum Gasteiger partial charge on any atom is 0.147 e. The first kappa shape index (κ1) is 14.1. The van der Waals surface area contributed by atoms with Crippen molar-refractivity contribution in [3.63, 3.8) is 0 Å². The average Bonchev–Trinajstić information content (AvgIpc) is 2.46. The highest BCUT2D eigenvalue weighted by atomic mass is 16.7. The van der Waals surface area contributed by atoms with Crippen LogP contribution in [0.15, 0.2) is 36.4 Å². The minimum atomic E-state index is -0.432. The van der Waals surface area contributed by atoms with Gasteiger partial charge in [-0.1, -0.05) is 24.3 Å². The molecule has 1 N–H and O–H groups in total. The monoisotopic (exact) mass is 264 g/mol. The van der Waals surface area contributed by atoms with Gasteiger partial charge in [0, 0.05) is 13.0 Å². The molecule has 0 aromatic heterocycles.